The van der Waals surface area contributed by atoms with Crippen molar-refractivity contribution in [2.75, 3.05) is 6.61 Å². The number of benzene rings is 1. The van der Waals surface area contributed by atoms with E-state index in [4.69, 9.17) is 4.74 Å². The molecular weight excluding hydrogens is 210 g/mol. The van der Waals surface area contributed by atoms with Gasteiger partial charge in [-0.1, -0.05) is 0 Å². The zero-order chi connectivity index (χ0) is 10.7. The van der Waals surface area contributed by atoms with Gasteiger partial charge in [-0.3, -0.25) is 0 Å². The van der Waals surface area contributed by atoms with Crippen LogP contribution < -0.4 is 4.72 Å². The van der Waals surface area contributed by atoms with Crippen LogP contribution in [0.5, 0.6) is 0 Å². The van der Waals surface area contributed by atoms with Crippen molar-refractivity contribution < 1.29 is 9.53 Å². The third-order valence-electron chi connectivity index (χ3n) is 2.02. The first-order chi connectivity index (χ1) is 7.31. The molecule has 78 valence electrons. The van der Waals surface area contributed by atoms with E-state index >= 15 is 0 Å². The van der Waals surface area contributed by atoms with Gasteiger partial charge in [0.25, 0.3) is 0 Å². The van der Waals surface area contributed by atoms with E-state index in [2.05, 4.69) is 4.72 Å². The molecule has 0 radical (unpaired) electrons. The molecule has 3 nitrogen and oxygen atoms in total. The molecule has 1 aromatic carbocycles. The van der Waals surface area contributed by atoms with Crippen LogP contribution >= 0.6 is 11.9 Å². The molecule has 0 aliphatic carbocycles. The molecule has 15 heavy (non-hydrogen) atoms. The quantitative estimate of drug-likeness (QED) is 0.615. The fraction of sp³-hybridized carbons (Fsp3) is 0.182. The zero-order valence-electron chi connectivity index (χ0n) is 8.32. The van der Waals surface area contributed by atoms with Gasteiger partial charge in [-0.25, -0.2) is 4.79 Å². The molecule has 2 rings (SSSR count). The SMILES string of the molecule is CCOC(=O)c1ccc2c(c1)C=CNS2. The van der Waals surface area contributed by atoms with E-state index in [1.807, 2.05) is 24.4 Å². The van der Waals surface area contributed by atoms with Crippen molar-refractivity contribution in [3.63, 3.8) is 0 Å². The molecular formula is C11H11NO2S. The summed E-state index contributed by atoms with van der Waals surface area (Å²) in [6.45, 7) is 2.21. The highest BCUT2D eigenvalue weighted by atomic mass is 32.2. The number of fused-ring (bicyclic) bond motifs is 1. The first-order valence-corrected chi connectivity index (χ1v) is 5.53. The van der Waals surface area contributed by atoms with Gasteiger partial charge >= 0.3 is 5.97 Å². The van der Waals surface area contributed by atoms with Crippen molar-refractivity contribution in [1.29, 1.82) is 0 Å². The summed E-state index contributed by atoms with van der Waals surface area (Å²) in [5, 5.41) is 0. The van der Waals surface area contributed by atoms with Crippen LogP contribution in [-0.4, -0.2) is 12.6 Å². The Kier molecular flexibility index (Phi) is 2.97. The van der Waals surface area contributed by atoms with Crippen LogP contribution in [0.1, 0.15) is 22.8 Å². The van der Waals surface area contributed by atoms with Gasteiger partial charge in [-0.15, -0.1) is 0 Å². The molecule has 1 aliphatic rings. The normalized spacial score (nSPS) is 12.9. The number of hydrogen-bond donors (Lipinski definition) is 1. The third-order valence-corrected chi connectivity index (χ3v) is 2.87. The Labute approximate surface area is 92.6 Å². The molecule has 1 aromatic rings. The predicted molar refractivity (Wildman–Crippen MR) is 60.4 cm³/mol. The molecule has 0 fully saturated rings. The lowest BCUT2D eigenvalue weighted by Gasteiger charge is -2.11. The summed E-state index contributed by atoms with van der Waals surface area (Å²) < 4.78 is 7.97. The van der Waals surface area contributed by atoms with Crippen molar-refractivity contribution in [2.45, 2.75) is 11.8 Å². The summed E-state index contributed by atoms with van der Waals surface area (Å²) in [7, 11) is 0. The molecule has 1 heterocycles. The molecule has 0 unspecified atom stereocenters. The lowest BCUT2D eigenvalue weighted by atomic mass is 10.1. The number of hydrogen-bond acceptors (Lipinski definition) is 4. The van der Waals surface area contributed by atoms with E-state index in [1.165, 1.54) is 11.9 Å². The zero-order valence-corrected chi connectivity index (χ0v) is 9.14. The monoisotopic (exact) mass is 221 g/mol. The predicted octanol–water partition coefficient (Wildman–Crippen LogP) is 2.44. The maximum absolute atomic E-state index is 11.5. The fourth-order valence-electron chi connectivity index (χ4n) is 1.33. The number of ether oxygens (including phenoxy) is 1. The Morgan fingerprint density at radius 1 is 1.53 bits per heavy atom. The molecule has 0 amide bonds. The van der Waals surface area contributed by atoms with E-state index in [9.17, 15) is 4.79 Å². The van der Waals surface area contributed by atoms with Crippen molar-refractivity contribution >= 4 is 24.0 Å². The van der Waals surface area contributed by atoms with Gasteiger partial charge in [-0.2, -0.15) is 0 Å². The van der Waals surface area contributed by atoms with E-state index < -0.39 is 0 Å². The number of esters is 1. The van der Waals surface area contributed by atoms with Crippen LogP contribution in [0.25, 0.3) is 6.08 Å². The number of nitrogens with one attached hydrogen (secondary N) is 1. The Morgan fingerprint density at radius 2 is 2.40 bits per heavy atom. The van der Waals surface area contributed by atoms with Gasteiger partial charge < -0.3 is 9.46 Å². The Bertz CT molecular complexity index is 415. The Morgan fingerprint density at radius 3 is 3.20 bits per heavy atom. The molecule has 1 aliphatic heterocycles. The second-order valence-corrected chi connectivity index (χ2v) is 3.91. The van der Waals surface area contributed by atoms with Crippen LogP contribution in [-0.2, 0) is 4.74 Å². The van der Waals surface area contributed by atoms with Crippen LogP contribution in [0.4, 0.5) is 0 Å². The first-order valence-electron chi connectivity index (χ1n) is 4.71. The minimum Gasteiger partial charge on any atom is -0.462 e. The lowest BCUT2D eigenvalue weighted by Crippen LogP contribution is -2.06. The van der Waals surface area contributed by atoms with Gasteiger partial charge in [-0.05, 0) is 48.7 Å². The van der Waals surface area contributed by atoms with Crippen molar-refractivity contribution in [3.8, 4) is 0 Å². The van der Waals surface area contributed by atoms with E-state index in [0.29, 0.717) is 12.2 Å². The van der Waals surface area contributed by atoms with Gasteiger partial charge in [0.2, 0.25) is 0 Å². The average molecular weight is 221 g/mol. The van der Waals surface area contributed by atoms with E-state index in [0.717, 1.165) is 10.5 Å². The number of rotatable bonds is 2. The third kappa shape index (κ3) is 2.15. The highest BCUT2D eigenvalue weighted by Crippen LogP contribution is 2.26. The van der Waals surface area contributed by atoms with Gasteiger partial charge in [0, 0.05) is 11.1 Å². The van der Waals surface area contributed by atoms with E-state index in [1.54, 1.807) is 13.0 Å². The maximum Gasteiger partial charge on any atom is 0.338 e. The second-order valence-electron chi connectivity index (χ2n) is 3.03. The summed E-state index contributed by atoms with van der Waals surface area (Å²) in [4.78, 5) is 12.6. The summed E-state index contributed by atoms with van der Waals surface area (Å²) in [6, 6.07) is 5.55. The van der Waals surface area contributed by atoms with Crippen molar-refractivity contribution in [1.82, 2.24) is 4.72 Å². The summed E-state index contributed by atoms with van der Waals surface area (Å²) in [5.41, 5.74) is 1.65. The topological polar surface area (TPSA) is 38.3 Å². The standard InChI is InChI=1S/C11H11NO2S/c1-2-14-11(13)9-3-4-10-8(7-9)5-6-12-15-10/h3-7,12H,2H2,1H3. The molecule has 1 N–H and O–H groups in total. The van der Waals surface area contributed by atoms with Crippen LogP contribution in [0.15, 0.2) is 29.3 Å². The van der Waals surface area contributed by atoms with Gasteiger partial charge in [0.1, 0.15) is 0 Å². The molecule has 4 heteroatoms. The Hall–Kier alpha value is -1.42. The first kappa shape index (κ1) is 10.1. The summed E-state index contributed by atoms with van der Waals surface area (Å²) >= 11 is 1.53. The van der Waals surface area contributed by atoms with Crippen molar-refractivity contribution in [2.24, 2.45) is 0 Å². The minimum atomic E-state index is -0.266. The fourth-order valence-corrected chi connectivity index (χ4v) is 1.98. The molecule has 0 atom stereocenters. The maximum atomic E-state index is 11.5. The van der Waals surface area contributed by atoms with Gasteiger partial charge in [0.15, 0.2) is 0 Å². The number of carbonyl (C=O) groups is 1. The summed E-state index contributed by atoms with van der Waals surface area (Å²) in [5.74, 6) is -0.266. The smallest absolute Gasteiger partial charge is 0.338 e. The van der Waals surface area contributed by atoms with Crippen LogP contribution in [0.2, 0.25) is 0 Å². The second kappa shape index (κ2) is 4.40. The molecule has 0 saturated heterocycles. The Balaban J connectivity index is 2.29. The molecule has 0 aromatic heterocycles. The molecule has 0 bridgehead atoms. The van der Waals surface area contributed by atoms with E-state index in [-0.39, 0.29) is 5.97 Å². The molecule has 0 spiro atoms. The average Bonchev–Trinajstić information content (AvgIpc) is 2.29. The minimum absolute atomic E-state index is 0.266. The highest BCUT2D eigenvalue weighted by Gasteiger charge is 2.10. The highest BCUT2D eigenvalue weighted by molar-refractivity contribution is 7.97. The largest absolute Gasteiger partial charge is 0.462 e. The van der Waals surface area contributed by atoms with Crippen molar-refractivity contribution in [3.05, 3.63) is 35.5 Å². The van der Waals surface area contributed by atoms with Crippen LogP contribution in [0.3, 0.4) is 0 Å². The van der Waals surface area contributed by atoms with Gasteiger partial charge in [0.05, 0.1) is 12.2 Å². The summed E-state index contributed by atoms with van der Waals surface area (Å²) in [6.07, 6.45) is 3.79. The molecule has 0 saturated carbocycles. The lowest BCUT2D eigenvalue weighted by molar-refractivity contribution is 0.0526. The van der Waals surface area contributed by atoms with Crippen LogP contribution in [0, 0.1) is 0 Å². The number of carbonyl (C=O) groups excluding carboxylic acids is 1.